The number of nitrogens with zero attached hydrogens (tertiary/aromatic N) is 2. The number of alkyl halides is 1. The summed E-state index contributed by atoms with van der Waals surface area (Å²) >= 11 is 0. The molecule has 1 heterocycles. The van der Waals surface area contributed by atoms with Gasteiger partial charge in [0.15, 0.2) is 6.17 Å². The molecular weight excluding hydrogens is 408 g/mol. The van der Waals surface area contributed by atoms with Gasteiger partial charge in [0.25, 0.3) is 5.91 Å². The molecule has 4 aromatic rings. The highest BCUT2D eigenvalue weighted by atomic mass is 19.1. The quantitative estimate of drug-likeness (QED) is 0.470. The van der Waals surface area contributed by atoms with Crippen molar-refractivity contribution in [3.05, 3.63) is 95.9 Å². The number of carbonyl (C=O) groups excluding carboxylic acids is 1. The number of carbonyl (C=O) groups is 1. The van der Waals surface area contributed by atoms with Crippen LogP contribution in [0.5, 0.6) is 0 Å². The zero-order valence-electron chi connectivity index (χ0n) is 17.6. The second-order valence-electron chi connectivity index (χ2n) is 8.41. The first-order valence-electron chi connectivity index (χ1n) is 10.7. The maximum atomic E-state index is 13.3. The summed E-state index contributed by atoms with van der Waals surface area (Å²) in [4.78, 5) is 11.8. The SMILES string of the molecule is CC(F)C(=O)NCC1CC1(c1ccccc1)c1ccc2c(cnn2-c2ccc(F)cc2)c1. The predicted octanol–water partition coefficient (Wildman–Crippen LogP) is 4.94. The van der Waals surface area contributed by atoms with Crippen molar-refractivity contribution in [3.8, 4) is 5.69 Å². The van der Waals surface area contributed by atoms with Crippen molar-refractivity contribution < 1.29 is 13.6 Å². The van der Waals surface area contributed by atoms with Crippen molar-refractivity contribution in [1.82, 2.24) is 15.1 Å². The average Bonchev–Trinajstić information content (AvgIpc) is 3.40. The summed E-state index contributed by atoms with van der Waals surface area (Å²) in [5.41, 5.74) is 3.81. The number of nitrogens with one attached hydrogen (secondary N) is 1. The smallest absolute Gasteiger partial charge is 0.254 e. The molecule has 4 nitrogen and oxygen atoms in total. The van der Waals surface area contributed by atoms with E-state index in [4.69, 9.17) is 0 Å². The van der Waals surface area contributed by atoms with Gasteiger partial charge in [0.05, 0.1) is 17.4 Å². The van der Waals surface area contributed by atoms with E-state index in [9.17, 15) is 13.6 Å². The average molecular weight is 431 g/mol. The number of benzene rings is 3. The molecule has 0 spiro atoms. The first-order valence-corrected chi connectivity index (χ1v) is 10.7. The lowest BCUT2D eigenvalue weighted by Crippen LogP contribution is -2.33. The van der Waals surface area contributed by atoms with Crippen molar-refractivity contribution in [1.29, 1.82) is 0 Å². The minimum Gasteiger partial charge on any atom is -0.353 e. The maximum Gasteiger partial charge on any atom is 0.254 e. The third-order valence-corrected chi connectivity index (χ3v) is 6.43. The molecule has 1 aliphatic carbocycles. The van der Waals surface area contributed by atoms with Gasteiger partial charge >= 0.3 is 0 Å². The molecule has 1 amide bonds. The number of fused-ring (bicyclic) bond motifs is 1. The fourth-order valence-corrected chi connectivity index (χ4v) is 4.65. The Balaban J connectivity index is 1.51. The Labute approximate surface area is 184 Å². The molecule has 0 saturated heterocycles. The molecule has 162 valence electrons. The van der Waals surface area contributed by atoms with Gasteiger partial charge in [0.2, 0.25) is 0 Å². The molecule has 5 rings (SSSR count). The molecule has 3 atom stereocenters. The molecule has 6 heteroatoms. The Bertz CT molecular complexity index is 1270. The van der Waals surface area contributed by atoms with Gasteiger partial charge in [-0.1, -0.05) is 36.4 Å². The second-order valence-corrected chi connectivity index (χ2v) is 8.41. The highest BCUT2D eigenvalue weighted by Crippen LogP contribution is 2.58. The van der Waals surface area contributed by atoms with Gasteiger partial charge < -0.3 is 5.32 Å². The van der Waals surface area contributed by atoms with Gasteiger partial charge in [0, 0.05) is 17.3 Å². The van der Waals surface area contributed by atoms with Crippen LogP contribution in [0.2, 0.25) is 0 Å². The fraction of sp³-hybridized carbons (Fsp3) is 0.231. The van der Waals surface area contributed by atoms with Gasteiger partial charge in [-0.3, -0.25) is 4.79 Å². The molecule has 0 aliphatic heterocycles. The summed E-state index contributed by atoms with van der Waals surface area (Å²) in [6.45, 7) is 1.67. The van der Waals surface area contributed by atoms with Crippen LogP contribution in [0.1, 0.15) is 24.5 Å². The Morgan fingerprint density at radius 1 is 1.12 bits per heavy atom. The van der Waals surface area contributed by atoms with Crippen molar-refractivity contribution in [3.63, 3.8) is 0 Å². The van der Waals surface area contributed by atoms with Crippen molar-refractivity contribution >= 4 is 16.8 Å². The Hall–Kier alpha value is -3.54. The van der Waals surface area contributed by atoms with Gasteiger partial charge in [-0.25, -0.2) is 13.5 Å². The standard InChI is InChI=1S/C26H23F2N3O/c1-17(27)25(32)29-16-21-14-26(21,19-5-3-2-4-6-19)20-7-12-24-18(13-20)15-30-31(24)23-10-8-22(28)9-11-23/h2-13,15,17,21H,14,16H2,1H3,(H,29,32). The van der Waals surface area contributed by atoms with Crippen LogP contribution in [0.15, 0.2) is 79.0 Å². The van der Waals surface area contributed by atoms with Crippen molar-refractivity contribution in [2.45, 2.75) is 24.9 Å². The molecule has 1 fully saturated rings. The molecule has 0 radical (unpaired) electrons. The van der Waals surface area contributed by atoms with Crippen LogP contribution in [0.25, 0.3) is 16.6 Å². The Morgan fingerprint density at radius 3 is 2.59 bits per heavy atom. The number of hydrogen-bond acceptors (Lipinski definition) is 2. The van der Waals surface area contributed by atoms with Crippen LogP contribution in [0, 0.1) is 11.7 Å². The topological polar surface area (TPSA) is 46.9 Å². The van der Waals surface area contributed by atoms with Crippen molar-refractivity contribution in [2.24, 2.45) is 5.92 Å². The van der Waals surface area contributed by atoms with E-state index in [1.165, 1.54) is 24.6 Å². The number of hydrogen-bond donors (Lipinski definition) is 1. The zero-order chi connectivity index (χ0) is 22.3. The molecule has 0 bridgehead atoms. The minimum atomic E-state index is -1.52. The predicted molar refractivity (Wildman–Crippen MR) is 120 cm³/mol. The largest absolute Gasteiger partial charge is 0.353 e. The molecule has 1 saturated carbocycles. The molecule has 1 aromatic heterocycles. The minimum absolute atomic E-state index is 0.178. The first kappa shape index (κ1) is 20.4. The third kappa shape index (κ3) is 3.45. The fourth-order valence-electron chi connectivity index (χ4n) is 4.65. The van der Waals surface area contributed by atoms with E-state index in [-0.39, 0.29) is 17.2 Å². The number of rotatable bonds is 6. The monoisotopic (exact) mass is 431 g/mol. The second kappa shape index (κ2) is 7.86. The molecular formula is C26H23F2N3O. The molecule has 3 unspecified atom stereocenters. The maximum absolute atomic E-state index is 13.3. The van der Waals surface area contributed by atoms with Crippen LogP contribution in [-0.4, -0.2) is 28.4 Å². The van der Waals surface area contributed by atoms with Crippen LogP contribution >= 0.6 is 0 Å². The molecule has 3 aromatic carbocycles. The number of halogens is 2. The summed E-state index contributed by atoms with van der Waals surface area (Å²) in [5, 5.41) is 8.23. The lowest BCUT2D eigenvalue weighted by Gasteiger charge is -2.20. The highest BCUT2D eigenvalue weighted by molar-refractivity contribution is 5.82. The van der Waals surface area contributed by atoms with E-state index in [0.717, 1.165) is 28.6 Å². The van der Waals surface area contributed by atoms with Gasteiger partial charge in [-0.2, -0.15) is 5.10 Å². The van der Waals surface area contributed by atoms with Gasteiger partial charge in [-0.15, -0.1) is 0 Å². The first-order chi connectivity index (χ1) is 15.5. The van der Waals surface area contributed by atoms with Gasteiger partial charge in [-0.05, 0) is 66.8 Å². The molecule has 32 heavy (non-hydrogen) atoms. The number of aromatic nitrogens is 2. The van der Waals surface area contributed by atoms with E-state index < -0.39 is 12.1 Å². The Kier molecular flexibility index (Phi) is 5.00. The normalized spacial score (nSPS) is 20.8. The molecule has 1 N–H and O–H groups in total. The lowest BCUT2D eigenvalue weighted by atomic mass is 9.85. The summed E-state index contributed by atoms with van der Waals surface area (Å²) in [7, 11) is 0. The van der Waals surface area contributed by atoms with E-state index in [1.54, 1.807) is 16.8 Å². The highest BCUT2D eigenvalue weighted by Gasteiger charge is 2.56. The summed E-state index contributed by atoms with van der Waals surface area (Å²) < 4.78 is 28.4. The van der Waals surface area contributed by atoms with E-state index in [2.05, 4.69) is 34.7 Å². The van der Waals surface area contributed by atoms with E-state index in [0.29, 0.717) is 6.54 Å². The summed E-state index contributed by atoms with van der Waals surface area (Å²) in [6.07, 6.45) is 1.16. The zero-order valence-corrected chi connectivity index (χ0v) is 17.6. The lowest BCUT2D eigenvalue weighted by molar-refractivity contribution is -0.125. The van der Waals surface area contributed by atoms with Crippen molar-refractivity contribution in [2.75, 3.05) is 6.54 Å². The summed E-state index contributed by atoms with van der Waals surface area (Å²) in [6, 6.07) is 22.7. The van der Waals surface area contributed by atoms with E-state index >= 15 is 0 Å². The van der Waals surface area contributed by atoms with Crippen LogP contribution in [0.4, 0.5) is 8.78 Å². The summed E-state index contributed by atoms with van der Waals surface area (Å²) in [5.74, 6) is -0.682. The van der Waals surface area contributed by atoms with E-state index in [1.807, 2.05) is 30.5 Å². The third-order valence-electron chi connectivity index (χ3n) is 6.43. The number of amides is 1. The Morgan fingerprint density at radius 2 is 1.88 bits per heavy atom. The van der Waals surface area contributed by atoms with Gasteiger partial charge in [0.1, 0.15) is 5.82 Å². The molecule has 1 aliphatic rings. The van der Waals surface area contributed by atoms with Crippen LogP contribution in [0.3, 0.4) is 0 Å². The van der Waals surface area contributed by atoms with Crippen LogP contribution < -0.4 is 5.32 Å². The van der Waals surface area contributed by atoms with Crippen LogP contribution in [-0.2, 0) is 10.2 Å².